The van der Waals surface area contributed by atoms with Crippen LogP contribution in [0.3, 0.4) is 0 Å². The molecular formula is C16H21BrN2O2. The number of benzene rings is 1. The first-order chi connectivity index (χ1) is 10.1. The van der Waals surface area contributed by atoms with Crippen LogP contribution in [-0.2, 0) is 9.59 Å². The van der Waals surface area contributed by atoms with Crippen LogP contribution in [0.4, 0.5) is 5.69 Å². The molecule has 1 aromatic rings. The van der Waals surface area contributed by atoms with Crippen LogP contribution >= 0.6 is 15.9 Å². The molecular weight excluding hydrogens is 332 g/mol. The Bertz CT molecular complexity index is 511. The van der Waals surface area contributed by atoms with Crippen molar-refractivity contribution in [1.82, 2.24) is 4.90 Å². The topological polar surface area (TPSA) is 40.6 Å². The third-order valence-corrected chi connectivity index (χ3v) is 4.25. The molecule has 5 heteroatoms. The molecule has 4 nitrogen and oxygen atoms in total. The molecule has 0 atom stereocenters. The minimum atomic E-state index is -0.115. The van der Waals surface area contributed by atoms with Crippen molar-refractivity contribution in [3.05, 3.63) is 28.7 Å². The van der Waals surface area contributed by atoms with Crippen molar-refractivity contribution in [2.75, 3.05) is 24.5 Å². The van der Waals surface area contributed by atoms with Crippen molar-refractivity contribution >= 4 is 33.4 Å². The van der Waals surface area contributed by atoms with E-state index < -0.39 is 0 Å². The average Bonchev–Trinajstić information content (AvgIpc) is 2.73. The molecule has 0 saturated carbocycles. The Kier molecular flexibility index (Phi) is 5.79. The van der Waals surface area contributed by atoms with Crippen molar-refractivity contribution in [2.45, 2.75) is 32.6 Å². The molecule has 1 aliphatic heterocycles. The average molecular weight is 353 g/mol. The van der Waals surface area contributed by atoms with E-state index in [0.717, 1.165) is 36.1 Å². The molecule has 1 aromatic carbocycles. The van der Waals surface area contributed by atoms with Gasteiger partial charge in [0.15, 0.2) is 0 Å². The number of anilines is 1. The van der Waals surface area contributed by atoms with Gasteiger partial charge in [-0.25, -0.2) is 0 Å². The Morgan fingerprint density at radius 3 is 2.43 bits per heavy atom. The molecule has 114 valence electrons. The number of carbonyl (C=O) groups is 2. The van der Waals surface area contributed by atoms with Gasteiger partial charge in [0.25, 0.3) is 0 Å². The van der Waals surface area contributed by atoms with Gasteiger partial charge in [-0.1, -0.05) is 34.8 Å². The number of hydrogen-bond acceptors (Lipinski definition) is 2. The zero-order valence-corrected chi connectivity index (χ0v) is 13.9. The summed E-state index contributed by atoms with van der Waals surface area (Å²) < 4.78 is 0.897. The summed E-state index contributed by atoms with van der Waals surface area (Å²) in [5.41, 5.74) is 0.750. The third-order valence-electron chi connectivity index (χ3n) is 3.75. The fourth-order valence-electron chi connectivity index (χ4n) is 2.58. The summed E-state index contributed by atoms with van der Waals surface area (Å²) in [6, 6.07) is 7.48. The van der Waals surface area contributed by atoms with E-state index >= 15 is 0 Å². The Balaban J connectivity index is 2.09. The number of nitrogens with zero attached hydrogens (tertiary/aromatic N) is 2. The van der Waals surface area contributed by atoms with E-state index in [2.05, 4.69) is 15.9 Å². The van der Waals surface area contributed by atoms with E-state index in [0.29, 0.717) is 0 Å². The Morgan fingerprint density at radius 2 is 1.86 bits per heavy atom. The molecule has 0 N–H and O–H groups in total. The third kappa shape index (κ3) is 4.56. The molecule has 0 aliphatic carbocycles. The van der Waals surface area contributed by atoms with Crippen LogP contribution in [0.15, 0.2) is 28.7 Å². The lowest BCUT2D eigenvalue weighted by molar-refractivity contribution is -0.131. The molecule has 0 bridgehead atoms. The highest BCUT2D eigenvalue weighted by Crippen LogP contribution is 2.20. The van der Waals surface area contributed by atoms with E-state index in [9.17, 15) is 9.59 Å². The zero-order valence-electron chi connectivity index (χ0n) is 12.3. The lowest BCUT2D eigenvalue weighted by atomic mass is 10.2. The summed E-state index contributed by atoms with van der Waals surface area (Å²) in [5.74, 6) is -0.0802. The monoisotopic (exact) mass is 352 g/mol. The predicted octanol–water partition coefficient (Wildman–Crippen LogP) is 3.20. The van der Waals surface area contributed by atoms with Crippen molar-refractivity contribution in [2.24, 2.45) is 0 Å². The number of amides is 2. The first-order valence-corrected chi connectivity index (χ1v) is 8.18. The molecule has 1 saturated heterocycles. The van der Waals surface area contributed by atoms with Crippen LogP contribution in [0, 0.1) is 0 Å². The van der Waals surface area contributed by atoms with Gasteiger partial charge in [0.05, 0.1) is 0 Å². The first kappa shape index (κ1) is 16.0. The molecule has 21 heavy (non-hydrogen) atoms. The van der Waals surface area contributed by atoms with Gasteiger partial charge in [0, 0.05) is 30.2 Å². The molecule has 1 fully saturated rings. The van der Waals surface area contributed by atoms with E-state index in [-0.39, 0.29) is 18.4 Å². The van der Waals surface area contributed by atoms with E-state index in [1.54, 1.807) is 0 Å². The van der Waals surface area contributed by atoms with Gasteiger partial charge in [-0.05, 0) is 31.0 Å². The van der Waals surface area contributed by atoms with E-state index in [1.807, 2.05) is 29.2 Å². The molecule has 1 aliphatic rings. The summed E-state index contributed by atoms with van der Waals surface area (Å²) in [7, 11) is 0. The summed E-state index contributed by atoms with van der Waals surface area (Å²) in [4.78, 5) is 27.8. The highest BCUT2D eigenvalue weighted by molar-refractivity contribution is 9.10. The van der Waals surface area contributed by atoms with Crippen LogP contribution in [0.25, 0.3) is 0 Å². The van der Waals surface area contributed by atoms with Gasteiger partial charge in [0.1, 0.15) is 6.54 Å². The van der Waals surface area contributed by atoms with Gasteiger partial charge in [-0.3, -0.25) is 9.59 Å². The Hall–Kier alpha value is -1.36. The molecule has 2 rings (SSSR count). The SMILES string of the molecule is CC(=O)N(CC(=O)N1CCCCCC1)c1cccc(Br)c1. The van der Waals surface area contributed by atoms with Crippen molar-refractivity contribution in [3.63, 3.8) is 0 Å². The first-order valence-electron chi connectivity index (χ1n) is 7.39. The summed E-state index contributed by atoms with van der Waals surface area (Å²) in [5, 5.41) is 0. The fourth-order valence-corrected chi connectivity index (χ4v) is 2.97. The molecule has 1 heterocycles. The minimum Gasteiger partial charge on any atom is -0.341 e. The maximum atomic E-state index is 12.4. The van der Waals surface area contributed by atoms with Gasteiger partial charge in [0.2, 0.25) is 11.8 Å². The summed E-state index contributed by atoms with van der Waals surface area (Å²) >= 11 is 3.40. The maximum Gasteiger partial charge on any atom is 0.242 e. The fraction of sp³-hybridized carbons (Fsp3) is 0.500. The van der Waals surface area contributed by atoms with Crippen molar-refractivity contribution < 1.29 is 9.59 Å². The molecule has 0 spiro atoms. The quantitative estimate of drug-likeness (QED) is 0.837. The second kappa shape index (κ2) is 7.59. The number of rotatable bonds is 3. The van der Waals surface area contributed by atoms with Gasteiger partial charge >= 0.3 is 0 Å². The Morgan fingerprint density at radius 1 is 1.19 bits per heavy atom. The number of hydrogen-bond donors (Lipinski definition) is 0. The van der Waals surface area contributed by atoms with E-state index in [1.165, 1.54) is 24.7 Å². The van der Waals surface area contributed by atoms with Gasteiger partial charge in [-0.2, -0.15) is 0 Å². The maximum absolute atomic E-state index is 12.4. The molecule has 0 radical (unpaired) electrons. The highest BCUT2D eigenvalue weighted by atomic mass is 79.9. The largest absolute Gasteiger partial charge is 0.341 e. The number of halogens is 1. The van der Waals surface area contributed by atoms with Crippen LogP contribution in [0.2, 0.25) is 0 Å². The Labute approximate surface area is 134 Å². The van der Waals surface area contributed by atoms with Gasteiger partial charge < -0.3 is 9.80 Å². The van der Waals surface area contributed by atoms with Crippen LogP contribution < -0.4 is 4.90 Å². The smallest absolute Gasteiger partial charge is 0.242 e. The second-order valence-corrected chi connectivity index (χ2v) is 6.30. The standard InChI is InChI=1S/C16H21BrN2O2/c1-13(20)19(15-8-6-7-14(17)11-15)12-16(21)18-9-4-2-3-5-10-18/h6-8,11H,2-5,9-10,12H2,1H3. The lowest BCUT2D eigenvalue weighted by Crippen LogP contribution is -2.42. The molecule has 0 unspecified atom stereocenters. The van der Waals surface area contributed by atoms with Crippen LogP contribution in [-0.4, -0.2) is 36.3 Å². The van der Waals surface area contributed by atoms with Crippen molar-refractivity contribution in [3.8, 4) is 0 Å². The normalized spacial score (nSPS) is 15.4. The minimum absolute atomic E-state index is 0.0343. The van der Waals surface area contributed by atoms with Gasteiger partial charge in [-0.15, -0.1) is 0 Å². The second-order valence-electron chi connectivity index (χ2n) is 5.38. The highest BCUT2D eigenvalue weighted by Gasteiger charge is 2.21. The zero-order chi connectivity index (χ0) is 15.2. The lowest BCUT2D eigenvalue weighted by Gasteiger charge is -2.26. The van der Waals surface area contributed by atoms with E-state index in [4.69, 9.17) is 0 Å². The van der Waals surface area contributed by atoms with Crippen LogP contribution in [0.1, 0.15) is 32.6 Å². The van der Waals surface area contributed by atoms with Crippen LogP contribution in [0.5, 0.6) is 0 Å². The molecule has 0 aromatic heterocycles. The van der Waals surface area contributed by atoms with Crippen molar-refractivity contribution in [1.29, 1.82) is 0 Å². The summed E-state index contributed by atoms with van der Waals surface area (Å²) in [6.07, 6.45) is 4.49. The number of likely N-dealkylation sites (tertiary alicyclic amines) is 1. The molecule has 2 amide bonds. The summed E-state index contributed by atoms with van der Waals surface area (Å²) in [6.45, 7) is 3.23. The number of carbonyl (C=O) groups excluding carboxylic acids is 2. The predicted molar refractivity (Wildman–Crippen MR) is 87.2 cm³/mol.